The van der Waals surface area contributed by atoms with E-state index in [2.05, 4.69) is 21.2 Å². The van der Waals surface area contributed by atoms with Gasteiger partial charge in [0.05, 0.1) is 21.4 Å². The molecule has 1 atom stereocenters. The van der Waals surface area contributed by atoms with E-state index in [1.165, 1.54) is 19.1 Å². The SMILES string of the molecule is CC(O)(CNC(=O)c1ccc(Br)c([N+](=O)[O-])c1)CC(=O)O. The number of aliphatic hydroxyl groups is 1. The number of carbonyl (C=O) groups is 2. The summed E-state index contributed by atoms with van der Waals surface area (Å²) in [5.41, 5.74) is -1.83. The molecule has 0 aliphatic heterocycles. The van der Waals surface area contributed by atoms with E-state index in [1.54, 1.807) is 0 Å². The van der Waals surface area contributed by atoms with Crippen LogP contribution in [0.25, 0.3) is 0 Å². The molecule has 0 radical (unpaired) electrons. The van der Waals surface area contributed by atoms with Gasteiger partial charge >= 0.3 is 5.97 Å². The second kappa shape index (κ2) is 6.64. The molecule has 0 saturated heterocycles. The zero-order valence-corrected chi connectivity index (χ0v) is 12.6. The van der Waals surface area contributed by atoms with E-state index in [9.17, 15) is 24.8 Å². The zero-order chi connectivity index (χ0) is 16.2. The molecular weight excluding hydrogens is 348 g/mol. The van der Waals surface area contributed by atoms with Crippen molar-refractivity contribution < 1.29 is 24.7 Å². The van der Waals surface area contributed by atoms with E-state index in [0.29, 0.717) is 0 Å². The molecule has 114 valence electrons. The van der Waals surface area contributed by atoms with Crippen LogP contribution >= 0.6 is 15.9 Å². The number of nitro groups is 1. The van der Waals surface area contributed by atoms with E-state index in [0.717, 1.165) is 6.07 Å². The lowest BCUT2D eigenvalue weighted by atomic mass is 10.0. The molecule has 0 aliphatic rings. The summed E-state index contributed by atoms with van der Waals surface area (Å²) in [6.45, 7) is 0.980. The summed E-state index contributed by atoms with van der Waals surface area (Å²) >= 11 is 3.00. The van der Waals surface area contributed by atoms with Crippen molar-refractivity contribution in [2.75, 3.05) is 6.54 Å². The Morgan fingerprint density at radius 1 is 1.48 bits per heavy atom. The van der Waals surface area contributed by atoms with Crippen molar-refractivity contribution in [2.45, 2.75) is 18.9 Å². The predicted octanol–water partition coefficient (Wildman–Crippen LogP) is 1.31. The first-order chi connectivity index (χ1) is 9.62. The van der Waals surface area contributed by atoms with Crippen LogP contribution < -0.4 is 5.32 Å². The Morgan fingerprint density at radius 2 is 2.10 bits per heavy atom. The number of rotatable bonds is 6. The fourth-order valence-corrected chi connectivity index (χ4v) is 1.95. The maximum atomic E-state index is 11.9. The van der Waals surface area contributed by atoms with E-state index >= 15 is 0 Å². The molecule has 9 heteroatoms. The number of carboxylic acids is 1. The summed E-state index contributed by atoms with van der Waals surface area (Å²) in [4.78, 5) is 32.5. The van der Waals surface area contributed by atoms with Crippen LogP contribution in [0, 0.1) is 10.1 Å². The highest BCUT2D eigenvalue weighted by Gasteiger charge is 2.25. The molecule has 0 aromatic heterocycles. The van der Waals surface area contributed by atoms with Gasteiger partial charge in [-0.05, 0) is 35.0 Å². The van der Waals surface area contributed by atoms with Gasteiger partial charge in [-0.25, -0.2) is 0 Å². The second-order valence-electron chi connectivity index (χ2n) is 4.67. The minimum atomic E-state index is -1.61. The standard InChI is InChI=1S/C12H13BrN2O6/c1-12(19,5-10(16)17)6-14-11(18)7-2-3-8(13)9(4-7)15(20)21/h2-4,19H,5-6H2,1H3,(H,14,18)(H,16,17). The monoisotopic (exact) mass is 360 g/mol. The van der Waals surface area contributed by atoms with E-state index in [-0.39, 0.29) is 22.3 Å². The van der Waals surface area contributed by atoms with Gasteiger partial charge in [0.25, 0.3) is 11.6 Å². The van der Waals surface area contributed by atoms with Crippen LogP contribution in [0.5, 0.6) is 0 Å². The van der Waals surface area contributed by atoms with Gasteiger partial charge in [0.2, 0.25) is 0 Å². The maximum Gasteiger partial charge on any atom is 0.306 e. The van der Waals surface area contributed by atoms with Crippen LogP contribution in [0.4, 0.5) is 5.69 Å². The van der Waals surface area contributed by atoms with Crippen LogP contribution in [0.15, 0.2) is 22.7 Å². The average Bonchev–Trinajstić information content (AvgIpc) is 2.34. The van der Waals surface area contributed by atoms with Crippen molar-refractivity contribution in [2.24, 2.45) is 0 Å². The summed E-state index contributed by atoms with van der Waals surface area (Å²) in [5.74, 6) is -1.84. The number of carbonyl (C=O) groups excluding carboxylic acids is 1. The first-order valence-electron chi connectivity index (χ1n) is 5.79. The smallest absolute Gasteiger partial charge is 0.306 e. The Morgan fingerprint density at radius 3 is 2.62 bits per heavy atom. The van der Waals surface area contributed by atoms with Gasteiger partial charge < -0.3 is 15.5 Å². The van der Waals surface area contributed by atoms with Gasteiger partial charge in [-0.1, -0.05) is 0 Å². The molecule has 0 saturated carbocycles. The number of hydrogen-bond acceptors (Lipinski definition) is 5. The van der Waals surface area contributed by atoms with Crippen molar-refractivity contribution >= 4 is 33.5 Å². The van der Waals surface area contributed by atoms with Gasteiger partial charge in [0.1, 0.15) is 0 Å². The van der Waals surface area contributed by atoms with Crippen molar-refractivity contribution in [3.8, 4) is 0 Å². The number of carboxylic acid groups (broad SMARTS) is 1. The molecule has 0 aliphatic carbocycles. The molecule has 0 spiro atoms. The summed E-state index contributed by atoms with van der Waals surface area (Å²) in [6.07, 6.45) is -0.534. The molecule has 3 N–H and O–H groups in total. The van der Waals surface area contributed by atoms with E-state index in [1.807, 2.05) is 0 Å². The van der Waals surface area contributed by atoms with E-state index < -0.39 is 28.8 Å². The molecule has 21 heavy (non-hydrogen) atoms. The number of amides is 1. The molecular formula is C12H13BrN2O6. The molecule has 1 aromatic rings. The Bertz CT molecular complexity index is 587. The van der Waals surface area contributed by atoms with Crippen molar-refractivity contribution in [3.63, 3.8) is 0 Å². The van der Waals surface area contributed by atoms with Crippen LogP contribution in [-0.4, -0.2) is 39.2 Å². The summed E-state index contributed by atoms with van der Waals surface area (Å²) in [5, 5.41) is 31.5. The molecule has 1 unspecified atom stereocenters. The lowest BCUT2D eigenvalue weighted by Gasteiger charge is -2.21. The third kappa shape index (κ3) is 5.12. The normalized spacial score (nSPS) is 13.3. The fourth-order valence-electron chi connectivity index (χ4n) is 1.55. The Kier molecular flexibility index (Phi) is 5.39. The van der Waals surface area contributed by atoms with Crippen LogP contribution in [0.2, 0.25) is 0 Å². The van der Waals surface area contributed by atoms with Crippen LogP contribution in [0.1, 0.15) is 23.7 Å². The maximum absolute atomic E-state index is 11.9. The van der Waals surface area contributed by atoms with Crippen LogP contribution in [0.3, 0.4) is 0 Å². The van der Waals surface area contributed by atoms with Crippen molar-refractivity contribution in [1.29, 1.82) is 0 Å². The number of hydrogen-bond donors (Lipinski definition) is 3. The Hall–Kier alpha value is -2.00. The quantitative estimate of drug-likeness (QED) is 0.517. The van der Waals surface area contributed by atoms with Gasteiger partial charge in [-0.2, -0.15) is 0 Å². The molecule has 8 nitrogen and oxygen atoms in total. The highest BCUT2D eigenvalue weighted by Crippen LogP contribution is 2.25. The summed E-state index contributed by atoms with van der Waals surface area (Å²) < 4.78 is 0.238. The highest BCUT2D eigenvalue weighted by molar-refractivity contribution is 9.10. The van der Waals surface area contributed by atoms with Gasteiger partial charge in [-0.15, -0.1) is 0 Å². The lowest BCUT2D eigenvalue weighted by molar-refractivity contribution is -0.385. The average molecular weight is 361 g/mol. The third-order valence-corrected chi connectivity index (χ3v) is 3.24. The van der Waals surface area contributed by atoms with E-state index in [4.69, 9.17) is 5.11 Å². The molecule has 0 fully saturated rings. The number of halogens is 1. The molecule has 1 aromatic carbocycles. The second-order valence-corrected chi connectivity index (χ2v) is 5.53. The summed E-state index contributed by atoms with van der Waals surface area (Å²) in [7, 11) is 0. The number of benzene rings is 1. The zero-order valence-electron chi connectivity index (χ0n) is 11.0. The molecule has 0 heterocycles. The van der Waals surface area contributed by atoms with Gasteiger partial charge in [-0.3, -0.25) is 19.7 Å². The largest absolute Gasteiger partial charge is 0.481 e. The third-order valence-electron chi connectivity index (χ3n) is 2.57. The minimum absolute atomic E-state index is 0.0380. The van der Waals surface area contributed by atoms with Gasteiger partial charge in [0, 0.05) is 18.2 Å². The fraction of sp³-hybridized carbons (Fsp3) is 0.333. The first kappa shape index (κ1) is 17.1. The highest BCUT2D eigenvalue weighted by atomic mass is 79.9. The minimum Gasteiger partial charge on any atom is -0.481 e. The van der Waals surface area contributed by atoms with Crippen molar-refractivity contribution in [1.82, 2.24) is 5.32 Å². The summed E-state index contributed by atoms with van der Waals surface area (Å²) in [6, 6.07) is 3.83. The number of aliphatic carboxylic acids is 1. The molecule has 0 bridgehead atoms. The molecule has 1 amide bonds. The predicted molar refractivity (Wildman–Crippen MR) is 76.0 cm³/mol. The first-order valence-corrected chi connectivity index (χ1v) is 6.58. The topological polar surface area (TPSA) is 130 Å². The Labute approximate surface area is 128 Å². The number of nitrogens with one attached hydrogen (secondary N) is 1. The van der Waals surface area contributed by atoms with Gasteiger partial charge in [0.15, 0.2) is 0 Å². The van der Waals surface area contributed by atoms with Crippen molar-refractivity contribution in [3.05, 3.63) is 38.3 Å². The molecule has 1 rings (SSSR count). The number of nitrogens with zero attached hydrogens (tertiary/aromatic N) is 1. The lowest BCUT2D eigenvalue weighted by Crippen LogP contribution is -2.42. The van der Waals surface area contributed by atoms with Crippen LogP contribution in [-0.2, 0) is 4.79 Å². The Balaban J connectivity index is 2.79. The number of nitro benzene ring substituents is 1.